The minimum Gasteiger partial charge on any atom is -0.497 e. The second-order valence-corrected chi connectivity index (χ2v) is 6.92. The smallest absolute Gasteiger partial charge is 0.251 e. The van der Waals surface area contributed by atoms with E-state index in [0.29, 0.717) is 11.6 Å². The molecule has 0 bridgehead atoms. The van der Waals surface area contributed by atoms with Crippen molar-refractivity contribution in [3.05, 3.63) is 65.2 Å². The Morgan fingerprint density at radius 3 is 2.72 bits per heavy atom. The first-order valence-electron chi connectivity index (χ1n) is 9.01. The van der Waals surface area contributed by atoms with E-state index in [2.05, 4.69) is 34.5 Å². The monoisotopic (exact) mass is 336 g/mol. The normalized spacial score (nSPS) is 22.6. The molecule has 0 saturated carbocycles. The molecule has 0 spiro atoms. The minimum absolute atomic E-state index is 0.00481. The summed E-state index contributed by atoms with van der Waals surface area (Å²) in [7, 11) is 1.63. The molecule has 2 aliphatic rings. The van der Waals surface area contributed by atoms with Crippen LogP contribution in [-0.4, -0.2) is 37.0 Å². The Hall–Kier alpha value is -2.33. The van der Waals surface area contributed by atoms with Crippen LogP contribution in [0.15, 0.2) is 48.5 Å². The third kappa shape index (κ3) is 3.27. The number of amides is 1. The molecule has 0 aromatic heterocycles. The number of fused-ring (bicyclic) bond motifs is 3. The first kappa shape index (κ1) is 16.2. The van der Waals surface area contributed by atoms with Crippen LogP contribution in [0.25, 0.3) is 0 Å². The van der Waals surface area contributed by atoms with Gasteiger partial charge < -0.3 is 10.1 Å². The molecule has 25 heavy (non-hydrogen) atoms. The van der Waals surface area contributed by atoms with E-state index in [0.717, 1.165) is 38.1 Å². The maximum absolute atomic E-state index is 12.6. The Balaban J connectivity index is 1.45. The van der Waals surface area contributed by atoms with E-state index in [1.807, 2.05) is 24.3 Å². The Morgan fingerprint density at radius 1 is 1.12 bits per heavy atom. The summed E-state index contributed by atoms with van der Waals surface area (Å²) < 4.78 is 5.15. The number of methoxy groups -OCH3 is 1. The quantitative estimate of drug-likeness (QED) is 0.936. The van der Waals surface area contributed by atoms with Crippen LogP contribution < -0.4 is 10.1 Å². The van der Waals surface area contributed by atoms with Crippen molar-refractivity contribution in [2.75, 3.05) is 20.2 Å². The molecule has 2 aliphatic heterocycles. The number of hydrogen-bond acceptors (Lipinski definition) is 3. The van der Waals surface area contributed by atoms with Crippen molar-refractivity contribution in [3.63, 3.8) is 0 Å². The number of carbonyl (C=O) groups excluding carboxylic acids is 1. The molecule has 130 valence electrons. The molecule has 2 aromatic carbocycles. The number of nitrogens with one attached hydrogen (secondary N) is 1. The van der Waals surface area contributed by atoms with Gasteiger partial charge in [-0.3, -0.25) is 9.69 Å². The van der Waals surface area contributed by atoms with Crippen LogP contribution >= 0.6 is 0 Å². The fourth-order valence-corrected chi connectivity index (χ4v) is 4.10. The van der Waals surface area contributed by atoms with Gasteiger partial charge in [0.1, 0.15) is 5.75 Å². The summed E-state index contributed by atoms with van der Waals surface area (Å²) >= 11 is 0. The molecular weight excluding hydrogens is 312 g/mol. The average Bonchev–Trinajstić information content (AvgIpc) is 2.68. The second kappa shape index (κ2) is 6.89. The predicted molar refractivity (Wildman–Crippen MR) is 97.9 cm³/mol. The van der Waals surface area contributed by atoms with Crippen LogP contribution in [0.4, 0.5) is 0 Å². The molecule has 1 fully saturated rings. The molecule has 4 heteroatoms. The van der Waals surface area contributed by atoms with Gasteiger partial charge in [0.05, 0.1) is 7.11 Å². The van der Waals surface area contributed by atoms with E-state index < -0.39 is 0 Å². The third-order valence-corrected chi connectivity index (χ3v) is 5.48. The molecule has 4 nitrogen and oxygen atoms in total. The second-order valence-electron chi connectivity index (χ2n) is 6.92. The zero-order valence-electron chi connectivity index (χ0n) is 14.6. The molecule has 2 heterocycles. The summed E-state index contributed by atoms with van der Waals surface area (Å²) in [5.41, 5.74) is 3.59. The summed E-state index contributed by atoms with van der Waals surface area (Å²) in [6, 6.07) is 16.7. The average molecular weight is 336 g/mol. The molecule has 0 radical (unpaired) electrons. The predicted octanol–water partition coefficient (Wildman–Crippen LogP) is 3.19. The van der Waals surface area contributed by atoms with E-state index in [1.165, 1.54) is 11.1 Å². The molecule has 2 atom stereocenters. The van der Waals surface area contributed by atoms with Crippen molar-refractivity contribution in [3.8, 4) is 5.75 Å². The first-order chi connectivity index (χ1) is 12.2. The fourth-order valence-electron chi connectivity index (χ4n) is 4.10. The lowest BCUT2D eigenvalue weighted by Crippen LogP contribution is -2.48. The lowest BCUT2D eigenvalue weighted by Gasteiger charge is -2.43. The molecule has 2 aromatic rings. The number of carbonyl (C=O) groups is 1. The first-order valence-corrected chi connectivity index (χ1v) is 9.01. The van der Waals surface area contributed by atoms with Crippen LogP contribution in [0.5, 0.6) is 5.75 Å². The van der Waals surface area contributed by atoms with Crippen LogP contribution in [-0.2, 0) is 6.42 Å². The van der Waals surface area contributed by atoms with E-state index in [-0.39, 0.29) is 11.9 Å². The highest BCUT2D eigenvalue weighted by molar-refractivity contribution is 5.94. The summed E-state index contributed by atoms with van der Waals surface area (Å²) in [5.74, 6) is 0.772. The Kier molecular flexibility index (Phi) is 4.45. The lowest BCUT2D eigenvalue weighted by molar-refractivity contribution is 0.0844. The van der Waals surface area contributed by atoms with Gasteiger partial charge in [-0.05, 0) is 54.7 Å². The van der Waals surface area contributed by atoms with Crippen molar-refractivity contribution < 1.29 is 9.53 Å². The Labute approximate surface area is 148 Å². The summed E-state index contributed by atoms with van der Waals surface area (Å²) in [4.78, 5) is 15.1. The van der Waals surface area contributed by atoms with Gasteiger partial charge in [-0.25, -0.2) is 0 Å². The van der Waals surface area contributed by atoms with E-state index in [4.69, 9.17) is 4.74 Å². The van der Waals surface area contributed by atoms with Gasteiger partial charge in [-0.1, -0.05) is 24.3 Å². The lowest BCUT2D eigenvalue weighted by atomic mass is 9.85. The van der Waals surface area contributed by atoms with Gasteiger partial charge in [0, 0.05) is 30.7 Å². The van der Waals surface area contributed by atoms with Crippen LogP contribution in [0, 0.1) is 0 Å². The van der Waals surface area contributed by atoms with E-state index >= 15 is 0 Å². The Morgan fingerprint density at radius 2 is 1.92 bits per heavy atom. The van der Waals surface area contributed by atoms with Crippen molar-refractivity contribution in [2.24, 2.45) is 0 Å². The Bertz CT molecular complexity index is 757. The van der Waals surface area contributed by atoms with Gasteiger partial charge in [-0.15, -0.1) is 0 Å². The van der Waals surface area contributed by atoms with Crippen molar-refractivity contribution in [1.82, 2.24) is 10.2 Å². The maximum Gasteiger partial charge on any atom is 0.251 e. The summed E-state index contributed by atoms with van der Waals surface area (Å²) in [6.45, 7) is 2.17. The number of piperidine rings is 1. The number of benzene rings is 2. The SMILES string of the molecule is COc1ccc(C(=O)NC2CCN3CCc4ccccc4C3C2)cc1. The summed E-state index contributed by atoms with van der Waals surface area (Å²) in [5, 5.41) is 3.23. The number of ether oxygens (including phenoxy) is 1. The number of rotatable bonds is 3. The largest absolute Gasteiger partial charge is 0.497 e. The topological polar surface area (TPSA) is 41.6 Å². The van der Waals surface area contributed by atoms with Crippen molar-refractivity contribution in [2.45, 2.75) is 31.3 Å². The highest BCUT2D eigenvalue weighted by Crippen LogP contribution is 2.36. The molecular formula is C21H24N2O2. The zero-order chi connectivity index (χ0) is 17.2. The maximum atomic E-state index is 12.6. The molecule has 0 aliphatic carbocycles. The van der Waals surface area contributed by atoms with Crippen LogP contribution in [0.1, 0.15) is 40.4 Å². The molecule has 1 amide bonds. The van der Waals surface area contributed by atoms with Gasteiger partial charge >= 0.3 is 0 Å². The van der Waals surface area contributed by atoms with Gasteiger partial charge in [0.25, 0.3) is 5.91 Å². The molecule has 4 rings (SSSR count). The van der Waals surface area contributed by atoms with Crippen LogP contribution in [0.2, 0.25) is 0 Å². The summed E-state index contributed by atoms with van der Waals surface area (Å²) in [6.07, 6.45) is 3.13. The standard InChI is InChI=1S/C21H24N2O2/c1-25-18-8-6-16(7-9-18)21(24)22-17-11-13-23-12-10-15-4-2-3-5-19(15)20(23)14-17/h2-9,17,20H,10-14H2,1H3,(H,22,24). The highest BCUT2D eigenvalue weighted by atomic mass is 16.5. The van der Waals surface area contributed by atoms with Crippen molar-refractivity contribution in [1.29, 1.82) is 0 Å². The van der Waals surface area contributed by atoms with Crippen LogP contribution in [0.3, 0.4) is 0 Å². The highest BCUT2D eigenvalue weighted by Gasteiger charge is 2.33. The molecule has 1 saturated heterocycles. The number of nitrogens with zero attached hydrogens (tertiary/aromatic N) is 1. The zero-order valence-corrected chi connectivity index (χ0v) is 14.6. The van der Waals surface area contributed by atoms with E-state index in [1.54, 1.807) is 7.11 Å². The fraction of sp³-hybridized carbons (Fsp3) is 0.381. The van der Waals surface area contributed by atoms with Gasteiger partial charge in [0.2, 0.25) is 0 Å². The third-order valence-electron chi connectivity index (χ3n) is 5.48. The van der Waals surface area contributed by atoms with E-state index in [9.17, 15) is 4.79 Å². The number of hydrogen-bond donors (Lipinski definition) is 1. The molecule has 1 N–H and O–H groups in total. The van der Waals surface area contributed by atoms with Gasteiger partial charge in [-0.2, -0.15) is 0 Å². The minimum atomic E-state index is 0.00481. The van der Waals surface area contributed by atoms with Crippen molar-refractivity contribution >= 4 is 5.91 Å². The molecule has 2 unspecified atom stereocenters. The van der Waals surface area contributed by atoms with Gasteiger partial charge in [0.15, 0.2) is 0 Å².